The standard InChI is InChI=1S/C36H48N6O7S/c1-45-29-19-23-18-27-33(26(23)21-30(29)46-2)41-42-35(27)38-24-8-7-9-25(20-24)49-17-16-48-15-14-47-13-6-5-12-37-32(43)11-4-3-10-31-34-28(22-50-31)39-36(44)40-34/h7-9,18-21,28,31,34,38,41-42H,3-6,10-17,22H2,1-2H3,(H,37,43)(H2,39,40,44). The van der Waals surface area contributed by atoms with Gasteiger partial charge in [-0.25, -0.2) is 4.79 Å². The molecule has 14 heteroatoms. The van der Waals surface area contributed by atoms with Crippen LogP contribution in [0.25, 0.3) is 22.0 Å². The number of benzene rings is 2. The Morgan fingerprint density at radius 3 is 2.58 bits per heavy atom. The minimum absolute atomic E-state index is 0.0518. The number of fused-ring (bicyclic) bond motifs is 4. The average molecular weight is 709 g/mol. The van der Waals surface area contributed by atoms with Gasteiger partial charge in [-0.05, 0) is 61.4 Å². The number of hydrogen-bond acceptors (Lipinski definition) is 9. The molecule has 3 amide bonds. The zero-order valence-electron chi connectivity index (χ0n) is 28.7. The molecule has 4 aliphatic rings. The molecule has 0 saturated carbocycles. The van der Waals surface area contributed by atoms with Gasteiger partial charge in [0.15, 0.2) is 11.5 Å². The van der Waals surface area contributed by atoms with Crippen LogP contribution in [0.3, 0.4) is 0 Å². The fraction of sp³-hybridized carbons (Fsp3) is 0.500. The molecular weight excluding hydrogens is 660 g/mol. The summed E-state index contributed by atoms with van der Waals surface area (Å²) in [4.78, 5) is 23.6. The van der Waals surface area contributed by atoms with E-state index in [0.717, 1.165) is 77.1 Å². The van der Waals surface area contributed by atoms with Gasteiger partial charge < -0.3 is 45.0 Å². The molecule has 2 aromatic rings. The maximum absolute atomic E-state index is 12.1. The normalized spacial score (nSPS) is 18.2. The molecule has 2 aromatic carbocycles. The molecule has 6 rings (SSSR count). The Labute approximate surface area is 296 Å². The van der Waals surface area contributed by atoms with E-state index in [9.17, 15) is 9.59 Å². The van der Waals surface area contributed by atoms with Crippen LogP contribution in [-0.2, 0) is 14.3 Å². The van der Waals surface area contributed by atoms with E-state index in [1.54, 1.807) is 14.2 Å². The Bertz CT molecular complexity index is 1680. The number of carbonyl (C=O) groups excluding carboxylic acids is 2. The molecule has 3 atom stereocenters. The number of thioether (sulfide) groups is 1. The van der Waals surface area contributed by atoms with Crippen molar-refractivity contribution < 1.29 is 33.3 Å². The summed E-state index contributed by atoms with van der Waals surface area (Å²) in [6.45, 7) is 3.20. The number of hydrogen-bond donors (Lipinski definition) is 6. The van der Waals surface area contributed by atoms with Gasteiger partial charge in [-0.15, -0.1) is 0 Å². The number of urea groups is 1. The predicted molar refractivity (Wildman–Crippen MR) is 195 cm³/mol. The van der Waals surface area contributed by atoms with Crippen molar-refractivity contribution in [3.05, 3.63) is 42.5 Å². The Morgan fingerprint density at radius 2 is 1.72 bits per heavy atom. The lowest BCUT2D eigenvalue weighted by atomic mass is 10.0. The quantitative estimate of drug-likeness (QED) is 0.0493. The maximum atomic E-state index is 12.1. The number of amides is 3. The number of methoxy groups -OCH3 is 2. The van der Waals surface area contributed by atoms with Crippen LogP contribution in [0.4, 0.5) is 16.3 Å². The number of ether oxygens (including phenoxy) is 5. The number of carbonyl (C=O) groups is 2. The van der Waals surface area contributed by atoms with Crippen LogP contribution < -0.4 is 35.5 Å². The van der Waals surface area contributed by atoms with E-state index >= 15 is 0 Å². The molecule has 3 unspecified atom stereocenters. The van der Waals surface area contributed by atoms with Crippen molar-refractivity contribution in [1.29, 1.82) is 0 Å². The third-order valence-corrected chi connectivity index (χ3v) is 10.6. The molecule has 0 spiro atoms. The third-order valence-electron chi connectivity index (χ3n) is 9.07. The largest absolute Gasteiger partial charge is 0.493 e. The van der Waals surface area contributed by atoms with E-state index in [1.807, 2.05) is 48.2 Å². The minimum Gasteiger partial charge on any atom is -0.493 e. The summed E-state index contributed by atoms with van der Waals surface area (Å²) >= 11 is 1.92. The monoisotopic (exact) mass is 708 g/mol. The number of anilines is 2. The first kappa shape index (κ1) is 35.6. The van der Waals surface area contributed by atoms with Gasteiger partial charge in [-0.3, -0.25) is 15.0 Å². The van der Waals surface area contributed by atoms with Crippen LogP contribution in [-0.4, -0.2) is 99.0 Å². The van der Waals surface area contributed by atoms with Crippen LogP contribution in [0.5, 0.6) is 17.2 Å². The molecule has 3 heterocycles. The molecule has 50 heavy (non-hydrogen) atoms. The highest BCUT2D eigenvalue weighted by Gasteiger charge is 2.42. The van der Waals surface area contributed by atoms with Crippen LogP contribution >= 0.6 is 11.8 Å². The van der Waals surface area contributed by atoms with Gasteiger partial charge in [0.05, 0.1) is 51.8 Å². The van der Waals surface area contributed by atoms with Crippen LogP contribution in [0, 0.1) is 0 Å². The summed E-state index contributed by atoms with van der Waals surface area (Å²) in [5.41, 5.74) is 2.90. The number of rotatable bonds is 21. The maximum Gasteiger partial charge on any atom is 0.315 e. The van der Waals surface area contributed by atoms with Gasteiger partial charge in [0, 0.05) is 53.3 Å². The highest BCUT2D eigenvalue weighted by atomic mass is 32.2. The van der Waals surface area contributed by atoms with E-state index in [2.05, 4.69) is 37.5 Å². The topological polar surface area (TPSA) is 160 Å². The van der Waals surface area contributed by atoms with E-state index in [1.165, 1.54) is 0 Å². The summed E-state index contributed by atoms with van der Waals surface area (Å²) in [6.07, 6.45) is 5.20. The van der Waals surface area contributed by atoms with Crippen LogP contribution in [0.1, 0.15) is 38.5 Å². The fourth-order valence-corrected chi connectivity index (χ4v) is 8.04. The lowest BCUT2D eigenvalue weighted by molar-refractivity contribution is -0.121. The van der Waals surface area contributed by atoms with E-state index < -0.39 is 0 Å². The first-order valence-corrected chi connectivity index (χ1v) is 18.4. The second kappa shape index (κ2) is 17.6. The molecule has 270 valence electrons. The zero-order valence-corrected chi connectivity index (χ0v) is 29.5. The minimum atomic E-state index is -0.0518. The molecule has 0 bridgehead atoms. The molecule has 1 aliphatic carbocycles. The Hall–Kier alpha value is -4.27. The Morgan fingerprint density at radius 1 is 0.900 bits per heavy atom. The lowest BCUT2D eigenvalue weighted by Crippen LogP contribution is -2.36. The van der Waals surface area contributed by atoms with Gasteiger partial charge in [0.25, 0.3) is 0 Å². The number of aromatic amines is 2. The first-order chi connectivity index (χ1) is 24.5. The van der Waals surface area contributed by atoms with Gasteiger partial charge >= 0.3 is 6.03 Å². The van der Waals surface area contributed by atoms with E-state index in [-0.39, 0.29) is 24.0 Å². The van der Waals surface area contributed by atoms with Crippen molar-refractivity contribution in [2.24, 2.45) is 0 Å². The van der Waals surface area contributed by atoms with Crippen molar-refractivity contribution in [2.75, 3.05) is 64.9 Å². The second-order valence-corrected chi connectivity index (χ2v) is 13.8. The third kappa shape index (κ3) is 9.09. The summed E-state index contributed by atoms with van der Waals surface area (Å²) < 4.78 is 28.2. The van der Waals surface area contributed by atoms with Crippen molar-refractivity contribution in [1.82, 2.24) is 26.1 Å². The number of aromatic nitrogens is 2. The van der Waals surface area contributed by atoms with Gasteiger partial charge in [0.2, 0.25) is 5.91 Å². The molecular formula is C36H48N6O7S. The summed E-state index contributed by atoms with van der Waals surface area (Å²) in [5, 5.41) is 21.5. The molecule has 2 saturated heterocycles. The van der Waals surface area contributed by atoms with E-state index in [0.29, 0.717) is 62.7 Å². The molecule has 6 N–H and O–H groups in total. The first-order valence-electron chi connectivity index (χ1n) is 17.4. The molecule has 13 nitrogen and oxygen atoms in total. The smallest absolute Gasteiger partial charge is 0.315 e. The summed E-state index contributed by atoms with van der Waals surface area (Å²) in [6, 6.07) is 14.3. The van der Waals surface area contributed by atoms with Crippen LogP contribution in [0.15, 0.2) is 42.5 Å². The summed E-state index contributed by atoms with van der Waals surface area (Å²) in [7, 11) is 3.27. The van der Waals surface area contributed by atoms with Crippen molar-refractivity contribution in [3.8, 4) is 28.5 Å². The Kier molecular flexibility index (Phi) is 12.5. The second-order valence-electron chi connectivity index (χ2n) is 12.5. The fourth-order valence-electron chi connectivity index (χ4n) is 6.49. The molecule has 0 aromatic heterocycles. The zero-order chi connectivity index (χ0) is 34.7. The predicted octanol–water partition coefficient (Wildman–Crippen LogP) is 5.40. The van der Waals surface area contributed by atoms with Crippen molar-refractivity contribution in [3.63, 3.8) is 0 Å². The SMILES string of the molecule is COc1cc2cc3c(Nc4cccc(OCCOCCOCCCCNC(=O)CCCCC5SCC6NC(=O)NC65)c4)[nH][nH]c-3c2cc1OC. The average Bonchev–Trinajstić information content (AvgIpc) is 3.88. The van der Waals surface area contributed by atoms with Crippen molar-refractivity contribution >= 4 is 46.0 Å². The number of nitrogens with one attached hydrogen (secondary N) is 6. The van der Waals surface area contributed by atoms with Crippen LogP contribution in [0.2, 0.25) is 0 Å². The number of H-pyrrole nitrogens is 2. The molecule has 3 aliphatic heterocycles. The number of unbranched alkanes of at least 4 members (excludes halogenated alkanes) is 2. The van der Waals surface area contributed by atoms with Gasteiger partial charge in [0.1, 0.15) is 18.2 Å². The lowest BCUT2D eigenvalue weighted by Gasteiger charge is -2.16. The molecule has 0 radical (unpaired) electrons. The van der Waals surface area contributed by atoms with E-state index in [4.69, 9.17) is 23.7 Å². The highest BCUT2D eigenvalue weighted by molar-refractivity contribution is 8.00. The van der Waals surface area contributed by atoms with Crippen molar-refractivity contribution in [2.45, 2.75) is 55.9 Å². The van der Waals surface area contributed by atoms with Gasteiger partial charge in [-0.1, -0.05) is 12.5 Å². The Balaban J connectivity index is 0.777. The highest BCUT2D eigenvalue weighted by Crippen LogP contribution is 2.43. The van der Waals surface area contributed by atoms with Gasteiger partial charge in [-0.2, -0.15) is 11.8 Å². The molecule has 2 fully saturated rings. The summed E-state index contributed by atoms with van der Waals surface area (Å²) in [5.74, 6) is 4.04.